The number of anilines is 1. The highest BCUT2D eigenvalue weighted by molar-refractivity contribution is 6.34. The number of pyridine rings is 1. The first-order valence-electron chi connectivity index (χ1n) is 9.07. The molecule has 2 aromatic rings. The highest BCUT2D eigenvalue weighted by Gasteiger charge is 2.25. The molecule has 3 nitrogen and oxygen atoms in total. The summed E-state index contributed by atoms with van der Waals surface area (Å²) in [6.07, 6.45) is 6.86. The van der Waals surface area contributed by atoms with Crippen LogP contribution in [-0.4, -0.2) is 17.4 Å². The average molecular weight is 365 g/mol. The van der Waals surface area contributed by atoms with Crippen molar-refractivity contribution in [1.29, 1.82) is 0 Å². The number of fused-ring (bicyclic) bond motifs is 1. The van der Waals surface area contributed by atoms with Gasteiger partial charge < -0.3 is 4.90 Å². The van der Waals surface area contributed by atoms with Crippen LogP contribution < -0.4 is 4.90 Å². The van der Waals surface area contributed by atoms with Crippen LogP contribution in [0.15, 0.2) is 59.6 Å². The number of para-hydroxylation sites is 1. The number of allylic oxidation sites excluding steroid dienone is 4. The third-order valence-electron chi connectivity index (χ3n) is 5.02. The molecule has 0 radical (unpaired) electrons. The molecule has 1 amide bonds. The Morgan fingerprint density at radius 2 is 2.04 bits per heavy atom. The highest BCUT2D eigenvalue weighted by atomic mass is 35.5. The van der Waals surface area contributed by atoms with E-state index in [-0.39, 0.29) is 5.91 Å². The molecule has 26 heavy (non-hydrogen) atoms. The number of carbonyl (C=O) groups is 1. The van der Waals surface area contributed by atoms with Crippen LogP contribution in [0.2, 0.25) is 0 Å². The Hall–Kier alpha value is -2.39. The third kappa shape index (κ3) is 3.19. The molecule has 0 saturated heterocycles. The van der Waals surface area contributed by atoms with Crippen LogP contribution in [0.5, 0.6) is 0 Å². The van der Waals surface area contributed by atoms with Gasteiger partial charge in [0.15, 0.2) is 0 Å². The fraction of sp³-hybridized carbons (Fsp3) is 0.273. The largest absolute Gasteiger partial charge is 0.307 e. The third-order valence-corrected chi connectivity index (χ3v) is 5.37. The zero-order chi connectivity index (χ0) is 18.1. The Balaban J connectivity index is 1.68. The van der Waals surface area contributed by atoms with Gasteiger partial charge in [-0.3, -0.25) is 4.79 Å². The van der Waals surface area contributed by atoms with E-state index in [1.165, 1.54) is 5.56 Å². The first-order valence-corrected chi connectivity index (χ1v) is 9.45. The fourth-order valence-corrected chi connectivity index (χ4v) is 3.92. The first-order chi connectivity index (χ1) is 12.6. The lowest BCUT2D eigenvalue weighted by atomic mass is 9.93. The van der Waals surface area contributed by atoms with Gasteiger partial charge in [-0.1, -0.05) is 48.9 Å². The van der Waals surface area contributed by atoms with Crippen LogP contribution in [-0.2, 0) is 6.42 Å². The van der Waals surface area contributed by atoms with Crippen molar-refractivity contribution in [2.75, 3.05) is 11.4 Å². The molecule has 1 atom stereocenters. The molecule has 0 bridgehead atoms. The van der Waals surface area contributed by atoms with E-state index in [2.05, 4.69) is 24.1 Å². The topological polar surface area (TPSA) is 33.2 Å². The van der Waals surface area contributed by atoms with Gasteiger partial charge in [0, 0.05) is 17.3 Å². The molecule has 2 heterocycles. The summed E-state index contributed by atoms with van der Waals surface area (Å²) < 4.78 is 0. The summed E-state index contributed by atoms with van der Waals surface area (Å²) in [5.74, 6) is 0.373. The number of carbonyl (C=O) groups excluding carboxylic acids is 1. The smallest absolute Gasteiger partial charge is 0.276 e. The molecule has 4 heteroatoms. The lowest BCUT2D eigenvalue weighted by molar-refractivity contribution is 0.0980. The maximum atomic E-state index is 13.1. The maximum absolute atomic E-state index is 13.1. The Bertz CT molecular complexity index is 916. The molecule has 1 aromatic heterocycles. The molecule has 0 N–H and O–H groups in total. The molecule has 1 unspecified atom stereocenters. The normalized spacial score (nSPS) is 19.5. The monoisotopic (exact) mass is 364 g/mol. The summed E-state index contributed by atoms with van der Waals surface area (Å²) in [5, 5.41) is 0.712. The molecule has 0 saturated carbocycles. The van der Waals surface area contributed by atoms with Gasteiger partial charge in [-0.15, -0.1) is 0 Å². The van der Waals surface area contributed by atoms with Gasteiger partial charge in [-0.05, 0) is 60.6 Å². The van der Waals surface area contributed by atoms with Gasteiger partial charge in [-0.2, -0.15) is 0 Å². The van der Waals surface area contributed by atoms with E-state index in [1.807, 2.05) is 41.3 Å². The van der Waals surface area contributed by atoms with Gasteiger partial charge in [0.05, 0.1) is 5.69 Å². The summed E-state index contributed by atoms with van der Waals surface area (Å²) in [6.45, 7) is 2.88. The minimum Gasteiger partial charge on any atom is -0.307 e. The van der Waals surface area contributed by atoms with Crippen LogP contribution in [0.25, 0.3) is 5.57 Å². The second kappa shape index (κ2) is 7.08. The summed E-state index contributed by atoms with van der Waals surface area (Å²) in [7, 11) is 0. The Morgan fingerprint density at radius 3 is 2.92 bits per heavy atom. The molecule has 1 aliphatic heterocycles. The van der Waals surface area contributed by atoms with E-state index >= 15 is 0 Å². The molecule has 1 aromatic carbocycles. The average Bonchev–Trinajstić information content (AvgIpc) is 2.69. The minimum atomic E-state index is -0.0462. The van der Waals surface area contributed by atoms with Gasteiger partial charge in [0.2, 0.25) is 0 Å². The number of amides is 1. The van der Waals surface area contributed by atoms with Crippen LogP contribution in [0.3, 0.4) is 0 Å². The molecule has 2 aliphatic rings. The van der Waals surface area contributed by atoms with E-state index in [0.717, 1.165) is 42.8 Å². The Morgan fingerprint density at radius 1 is 1.19 bits per heavy atom. The van der Waals surface area contributed by atoms with Crippen LogP contribution in [0, 0.1) is 5.92 Å². The van der Waals surface area contributed by atoms with Crippen molar-refractivity contribution < 1.29 is 4.79 Å². The molecular weight excluding hydrogens is 344 g/mol. The summed E-state index contributed by atoms with van der Waals surface area (Å²) >= 11 is 6.39. The van der Waals surface area contributed by atoms with Crippen molar-refractivity contribution in [2.24, 2.45) is 5.92 Å². The summed E-state index contributed by atoms with van der Waals surface area (Å²) in [6, 6.07) is 13.7. The quantitative estimate of drug-likeness (QED) is 0.731. The predicted octanol–water partition coefficient (Wildman–Crippen LogP) is 5.22. The fourth-order valence-electron chi connectivity index (χ4n) is 3.67. The van der Waals surface area contributed by atoms with Crippen molar-refractivity contribution in [3.63, 3.8) is 0 Å². The summed E-state index contributed by atoms with van der Waals surface area (Å²) in [5.41, 5.74) is 4.50. The van der Waals surface area contributed by atoms with Crippen molar-refractivity contribution >= 4 is 28.8 Å². The van der Waals surface area contributed by atoms with Crippen LogP contribution >= 0.6 is 11.6 Å². The molecule has 132 valence electrons. The van der Waals surface area contributed by atoms with Crippen molar-refractivity contribution in [3.05, 3.63) is 76.6 Å². The predicted molar refractivity (Wildman–Crippen MR) is 106 cm³/mol. The zero-order valence-corrected chi connectivity index (χ0v) is 15.5. The molecule has 0 spiro atoms. The number of hydrogen-bond acceptors (Lipinski definition) is 2. The first kappa shape index (κ1) is 17.0. The molecular formula is C22H21ClN2O. The second-order valence-corrected chi connectivity index (χ2v) is 7.37. The second-order valence-electron chi connectivity index (χ2n) is 6.96. The van der Waals surface area contributed by atoms with E-state index in [1.54, 1.807) is 6.07 Å². The molecule has 1 aliphatic carbocycles. The standard InChI is InChI=1S/C22H21ClN2O/c1-15-11-12-18(23)17(14-15)19-8-4-9-20(24-19)22(26)25-13-5-7-16-6-2-3-10-21(16)25/h2-4,6,8-12,15H,5,7,13-14H2,1H3. The van der Waals surface area contributed by atoms with Crippen LogP contribution in [0.1, 0.15) is 41.5 Å². The molecule has 0 fully saturated rings. The maximum Gasteiger partial charge on any atom is 0.276 e. The zero-order valence-electron chi connectivity index (χ0n) is 14.8. The van der Waals surface area contributed by atoms with Crippen molar-refractivity contribution in [2.45, 2.75) is 26.2 Å². The SMILES string of the molecule is CC1C=CC(Cl)=C(c2cccc(C(=O)N3CCCc4ccccc43)n2)C1. The number of benzene rings is 1. The highest BCUT2D eigenvalue weighted by Crippen LogP contribution is 2.33. The van der Waals surface area contributed by atoms with E-state index in [4.69, 9.17) is 11.6 Å². The van der Waals surface area contributed by atoms with E-state index in [9.17, 15) is 4.79 Å². The van der Waals surface area contributed by atoms with Crippen molar-refractivity contribution in [1.82, 2.24) is 4.98 Å². The van der Waals surface area contributed by atoms with Gasteiger partial charge in [-0.25, -0.2) is 4.98 Å². The van der Waals surface area contributed by atoms with Crippen LogP contribution in [0.4, 0.5) is 5.69 Å². The number of halogens is 1. The lowest BCUT2D eigenvalue weighted by Gasteiger charge is -2.29. The Kier molecular flexibility index (Phi) is 4.64. The Labute approximate surface area is 159 Å². The number of rotatable bonds is 2. The lowest BCUT2D eigenvalue weighted by Crippen LogP contribution is -2.36. The van der Waals surface area contributed by atoms with E-state index in [0.29, 0.717) is 16.6 Å². The number of aryl methyl sites for hydroxylation is 1. The van der Waals surface area contributed by atoms with Crippen molar-refractivity contribution in [3.8, 4) is 0 Å². The van der Waals surface area contributed by atoms with Gasteiger partial charge >= 0.3 is 0 Å². The van der Waals surface area contributed by atoms with Gasteiger partial charge in [0.25, 0.3) is 5.91 Å². The number of hydrogen-bond donors (Lipinski definition) is 0. The molecule has 4 rings (SSSR count). The van der Waals surface area contributed by atoms with Gasteiger partial charge in [0.1, 0.15) is 5.69 Å². The number of aromatic nitrogens is 1. The van der Waals surface area contributed by atoms with E-state index < -0.39 is 0 Å². The summed E-state index contributed by atoms with van der Waals surface area (Å²) in [4.78, 5) is 19.7. The number of nitrogens with zero attached hydrogens (tertiary/aromatic N) is 2. The minimum absolute atomic E-state index is 0.0462.